The molecule has 0 aliphatic heterocycles. The van der Waals surface area contributed by atoms with E-state index in [2.05, 4.69) is 170 Å². The Hall–Kier alpha value is -7.21. The average molecular weight is 734 g/mol. The molecule has 0 amide bonds. The second kappa shape index (κ2) is 13.3. The van der Waals surface area contributed by atoms with E-state index >= 15 is 0 Å². The summed E-state index contributed by atoms with van der Waals surface area (Å²) < 4.78 is 8.66. The second-order valence-corrected chi connectivity index (χ2v) is 15.1. The molecular weight excluding hydrogens is 703 g/mol. The zero-order valence-corrected chi connectivity index (χ0v) is 30.9. The highest BCUT2D eigenvalue weighted by Gasteiger charge is 2.17. The molecular formula is C51H31N3OS. The van der Waals surface area contributed by atoms with Crippen molar-refractivity contribution in [1.29, 1.82) is 0 Å². The van der Waals surface area contributed by atoms with Crippen LogP contribution in [-0.4, -0.2) is 15.0 Å². The Kier molecular flexibility index (Phi) is 7.64. The van der Waals surface area contributed by atoms with Crippen LogP contribution in [0.3, 0.4) is 0 Å². The number of fused-ring (bicyclic) bond motifs is 6. The van der Waals surface area contributed by atoms with Gasteiger partial charge in [0.15, 0.2) is 17.5 Å². The van der Waals surface area contributed by atoms with Crippen LogP contribution in [0.5, 0.6) is 0 Å². The normalized spacial score (nSPS) is 11.6. The summed E-state index contributed by atoms with van der Waals surface area (Å²) >= 11 is 1.80. The first-order valence-electron chi connectivity index (χ1n) is 18.7. The van der Waals surface area contributed by atoms with Crippen molar-refractivity contribution in [3.05, 3.63) is 188 Å². The van der Waals surface area contributed by atoms with Gasteiger partial charge in [0.1, 0.15) is 11.2 Å². The van der Waals surface area contributed by atoms with E-state index in [9.17, 15) is 0 Å². The number of hydrogen-bond donors (Lipinski definition) is 0. The zero-order chi connectivity index (χ0) is 37.0. The molecule has 0 N–H and O–H groups in total. The molecule has 0 aliphatic carbocycles. The fraction of sp³-hybridized carbons (Fsp3) is 0. The summed E-state index contributed by atoms with van der Waals surface area (Å²) in [7, 11) is 0. The molecule has 56 heavy (non-hydrogen) atoms. The Balaban J connectivity index is 0.985. The van der Waals surface area contributed by atoms with Crippen molar-refractivity contribution in [2.75, 3.05) is 0 Å². The lowest BCUT2D eigenvalue weighted by Gasteiger charge is -2.11. The Morgan fingerprint density at radius 3 is 1.59 bits per heavy atom. The van der Waals surface area contributed by atoms with Crippen molar-refractivity contribution in [1.82, 2.24) is 15.0 Å². The first-order valence-corrected chi connectivity index (χ1v) is 19.5. The molecule has 4 nitrogen and oxygen atoms in total. The van der Waals surface area contributed by atoms with Gasteiger partial charge in [0.2, 0.25) is 0 Å². The third kappa shape index (κ3) is 5.65. The number of nitrogens with zero attached hydrogens (tertiary/aromatic N) is 3. The summed E-state index contributed by atoms with van der Waals surface area (Å²) in [5.74, 6) is 1.93. The van der Waals surface area contributed by atoms with Gasteiger partial charge in [-0.2, -0.15) is 0 Å². The van der Waals surface area contributed by atoms with E-state index in [1.807, 2.05) is 18.2 Å². The monoisotopic (exact) mass is 733 g/mol. The van der Waals surface area contributed by atoms with Crippen LogP contribution in [0.1, 0.15) is 0 Å². The number of rotatable bonds is 6. The lowest BCUT2D eigenvalue weighted by atomic mass is 9.97. The minimum atomic E-state index is 0.633. The highest BCUT2D eigenvalue weighted by atomic mass is 32.1. The maximum atomic E-state index is 6.20. The van der Waals surface area contributed by atoms with Crippen LogP contribution in [0, 0.1) is 0 Å². The van der Waals surface area contributed by atoms with E-state index in [-0.39, 0.29) is 0 Å². The van der Waals surface area contributed by atoms with E-state index in [0.29, 0.717) is 17.5 Å². The van der Waals surface area contributed by atoms with E-state index in [1.165, 1.54) is 25.7 Å². The predicted octanol–water partition coefficient (Wildman–Crippen LogP) is 14.1. The molecule has 0 fully saturated rings. The molecule has 11 rings (SSSR count). The molecule has 11 aromatic rings. The van der Waals surface area contributed by atoms with E-state index in [4.69, 9.17) is 19.4 Å². The predicted molar refractivity (Wildman–Crippen MR) is 233 cm³/mol. The van der Waals surface area contributed by atoms with E-state index in [1.54, 1.807) is 11.3 Å². The summed E-state index contributed by atoms with van der Waals surface area (Å²) in [6, 6.07) is 65.7. The molecule has 262 valence electrons. The number of hydrogen-bond acceptors (Lipinski definition) is 5. The third-order valence-electron chi connectivity index (χ3n) is 10.6. The minimum Gasteiger partial charge on any atom is -0.456 e. The standard InChI is InChI=1S/C51H31N3OS/c1-2-10-32(11-3-1)33-20-24-35(25-21-33)49-52-50(54-51(53-49)43-16-9-19-47-48(43)42-15-5-7-18-46(42)56-47)36-26-22-34(23-27-36)37-12-8-13-38(30-37)39-28-29-41-40-14-4-6-17-44(40)55-45(41)31-39/h1-31H. The fourth-order valence-corrected chi connectivity index (χ4v) is 8.89. The molecule has 0 bridgehead atoms. The summed E-state index contributed by atoms with van der Waals surface area (Å²) in [4.78, 5) is 15.4. The van der Waals surface area contributed by atoms with Gasteiger partial charge in [-0.3, -0.25) is 0 Å². The molecule has 3 aromatic heterocycles. The average Bonchev–Trinajstić information content (AvgIpc) is 3.85. The number of aromatic nitrogens is 3. The summed E-state index contributed by atoms with van der Waals surface area (Å²) in [6.07, 6.45) is 0. The van der Waals surface area contributed by atoms with Crippen molar-refractivity contribution >= 4 is 53.4 Å². The van der Waals surface area contributed by atoms with Gasteiger partial charge in [0.05, 0.1) is 0 Å². The van der Waals surface area contributed by atoms with Crippen molar-refractivity contribution in [2.24, 2.45) is 0 Å². The molecule has 0 aliphatic rings. The summed E-state index contributed by atoms with van der Waals surface area (Å²) in [5.41, 5.74) is 11.5. The topological polar surface area (TPSA) is 51.8 Å². The first kappa shape index (κ1) is 32.2. The van der Waals surface area contributed by atoms with Crippen LogP contribution in [0.25, 0.3) is 110 Å². The Morgan fingerprint density at radius 2 is 0.821 bits per heavy atom. The van der Waals surface area contributed by atoms with Gasteiger partial charge in [-0.1, -0.05) is 152 Å². The molecule has 0 unspecified atom stereocenters. The molecule has 0 saturated heterocycles. The maximum absolute atomic E-state index is 6.20. The minimum absolute atomic E-state index is 0.633. The third-order valence-corrected chi connectivity index (χ3v) is 11.7. The van der Waals surface area contributed by atoms with Gasteiger partial charge in [-0.25, -0.2) is 15.0 Å². The number of benzene rings is 8. The van der Waals surface area contributed by atoms with Crippen LogP contribution in [0.15, 0.2) is 192 Å². The van der Waals surface area contributed by atoms with Gasteiger partial charge in [-0.15, -0.1) is 11.3 Å². The van der Waals surface area contributed by atoms with E-state index < -0.39 is 0 Å². The van der Waals surface area contributed by atoms with Crippen LogP contribution >= 0.6 is 11.3 Å². The summed E-state index contributed by atoms with van der Waals surface area (Å²) in [6.45, 7) is 0. The van der Waals surface area contributed by atoms with Gasteiger partial charge in [-0.05, 0) is 69.8 Å². The van der Waals surface area contributed by atoms with Crippen LogP contribution < -0.4 is 0 Å². The van der Waals surface area contributed by atoms with Crippen molar-refractivity contribution in [3.8, 4) is 67.5 Å². The first-order chi connectivity index (χ1) is 27.7. The molecule has 3 heterocycles. The van der Waals surface area contributed by atoms with Gasteiger partial charge in [0.25, 0.3) is 0 Å². The number of thiophene rings is 1. The Morgan fingerprint density at radius 1 is 0.321 bits per heavy atom. The highest BCUT2D eigenvalue weighted by Crippen LogP contribution is 2.40. The second-order valence-electron chi connectivity index (χ2n) is 14.0. The van der Waals surface area contributed by atoms with Crippen molar-refractivity contribution in [3.63, 3.8) is 0 Å². The highest BCUT2D eigenvalue weighted by molar-refractivity contribution is 7.25. The smallest absolute Gasteiger partial charge is 0.164 e. The number of furan rings is 1. The molecule has 0 atom stereocenters. The van der Waals surface area contributed by atoms with Gasteiger partial charge < -0.3 is 4.42 Å². The molecule has 0 radical (unpaired) electrons. The molecule has 8 aromatic carbocycles. The fourth-order valence-electron chi connectivity index (χ4n) is 7.75. The zero-order valence-electron chi connectivity index (χ0n) is 30.1. The van der Waals surface area contributed by atoms with Crippen molar-refractivity contribution < 1.29 is 4.42 Å². The quantitative estimate of drug-likeness (QED) is 0.171. The van der Waals surface area contributed by atoms with Crippen LogP contribution in [0.4, 0.5) is 0 Å². The molecule has 5 heteroatoms. The molecule has 0 saturated carbocycles. The molecule has 0 spiro atoms. The lowest BCUT2D eigenvalue weighted by Crippen LogP contribution is -2.00. The van der Waals surface area contributed by atoms with Crippen LogP contribution in [-0.2, 0) is 0 Å². The lowest BCUT2D eigenvalue weighted by molar-refractivity contribution is 0.669. The summed E-state index contributed by atoms with van der Waals surface area (Å²) in [5, 5.41) is 4.65. The Bertz CT molecular complexity index is 3240. The largest absolute Gasteiger partial charge is 0.456 e. The Labute approximate surface area is 327 Å². The van der Waals surface area contributed by atoms with Gasteiger partial charge >= 0.3 is 0 Å². The van der Waals surface area contributed by atoms with Gasteiger partial charge in [0, 0.05) is 47.6 Å². The van der Waals surface area contributed by atoms with Crippen molar-refractivity contribution in [2.45, 2.75) is 0 Å². The number of para-hydroxylation sites is 1. The van der Waals surface area contributed by atoms with E-state index in [0.717, 1.165) is 66.4 Å². The van der Waals surface area contributed by atoms with Crippen LogP contribution in [0.2, 0.25) is 0 Å². The maximum Gasteiger partial charge on any atom is 0.164 e. The SMILES string of the molecule is c1ccc(-c2ccc(-c3nc(-c4ccc(-c5cccc(-c6ccc7c(c6)oc6ccccc67)c5)cc4)nc(-c4cccc5sc6ccccc6c45)n3)cc2)cc1.